The molecule has 0 rings (SSSR count). The van der Waals surface area contributed by atoms with E-state index in [0.717, 1.165) is 128 Å². The number of hydrogen-bond donors (Lipinski definition) is 1. The van der Waals surface area contributed by atoms with Crippen LogP contribution >= 0.6 is 7.82 Å². The lowest BCUT2D eigenvalue weighted by Crippen LogP contribution is -2.47. The molecule has 10 heteroatoms. The highest BCUT2D eigenvalue weighted by Crippen LogP contribution is 2.38. The molecule has 0 aromatic rings. The summed E-state index contributed by atoms with van der Waals surface area (Å²) in [5.41, 5.74) is 0. The minimum absolute atomic E-state index is 0.0322. The van der Waals surface area contributed by atoms with Crippen molar-refractivity contribution in [3.63, 3.8) is 0 Å². The third kappa shape index (κ3) is 59.1. The monoisotopic (exact) mass is 1120 g/mol. The first kappa shape index (κ1) is 75.7. The molecule has 454 valence electrons. The van der Waals surface area contributed by atoms with Gasteiger partial charge in [0.1, 0.15) is 19.3 Å². The van der Waals surface area contributed by atoms with E-state index in [1.807, 2.05) is 33.3 Å². The second kappa shape index (κ2) is 57.9. The number of phosphoric ester groups is 1. The maximum absolute atomic E-state index is 13.5. The molecular weight excluding hydrogens is 1000 g/mol. The Labute approximate surface area is 487 Å². The highest BCUT2D eigenvalue weighted by atomic mass is 31.2. The van der Waals surface area contributed by atoms with Gasteiger partial charge >= 0.3 is 5.97 Å². The zero-order chi connectivity index (χ0) is 57.9. The zero-order valence-electron chi connectivity index (χ0n) is 51.8. The lowest BCUT2D eigenvalue weighted by Gasteiger charge is -2.30. The second-order valence-electron chi connectivity index (χ2n) is 22.5. The number of hydrogen-bond acceptors (Lipinski definition) is 7. The minimum atomic E-state index is -4.71. The summed E-state index contributed by atoms with van der Waals surface area (Å²) in [5.74, 6) is -0.572. The Hall–Kier alpha value is -3.33. The number of nitrogens with zero attached hydrogens (tertiary/aromatic N) is 1. The summed E-state index contributed by atoms with van der Waals surface area (Å²) in [6, 6.07) is -0.907. The number of esters is 1. The zero-order valence-corrected chi connectivity index (χ0v) is 52.7. The Kier molecular flexibility index (Phi) is 55.4. The fourth-order valence-electron chi connectivity index (χ4n) is 8.73. The van der Waals surface area contributed by atoms with Crippen LogP contribution in [0.1, 0.15) is 265 Å². The molecule has 9 nitrogen and oxygen atoms in total. The number of likely N-dealkylation sites (N-methyl/N-ethyl adjacent to an activating group) is 1. The van der Waals surface area contributed by atoms with Crippen molar-refractivity contribution < 1.29 is 37.3 Å². The smallest absolute Gasteiger partial charge is 0.306 e. The number of rotatable bonds is 57. The molecule has 0 aliphatic heterocycles. The first-order valence-corrected chi connectivity index (χ1v) is 33.7. The summed E-state index contributed by atoms with van der Waals surface area (Å²) < 4.78 is 30.3. The predicted molar refractivity (Wildman–Crippen MR) is 339 cm³/mol. The molecule has 0 aromatic heterocycles. The molecular formula is C69H121N2O7P. The standard InChI is InChI=1S/C69H121N2O7P/c1-7-10-13-16-19-22-25-27-29-31-32-33-34-35-36-37-38-40-41-43-46-49-52-55-58-61-68(72)70-66(65-77-79(74,75)76-64-63-71(4,5)6)67(60-57-54-51-48-45-24-21-18-15-12-9-3)78-69(73)62-59-56-53-50-47-44-42-39-30-28-26-23-20-17-14-11-8-2/h10,13,19-20,22-23,27-30,32-33,35-36,38,40,57,60,66-67H,7-9,11-12,14-18,21,24-26,31,34,37,39,41-56,58-59,61-65H2,1-6H3,(H-,70,72,74,75)/b13-10-,22-19-,23-20-,29-27-,30-28-,33-32-,36-35-,40-38-,60-57-. The lowest BCUT2D eigenvalue weighted by atomic mass is 10.1. The molecule has 1 N–H and O–H groups in total. The van der Waals surface area contributed by atoms with Crippen LogP contribution in [-0.4, -0.2) is 69.4 Å². The molecule has 3 atom stereocenters. The van der Waals surface area contributed by atoms with Gasteiger partial charge in [0.2, 0.25) is 5.91 Å². The van der Waals surface area contributed by atoms with Crippen molar-refractivity contribution in [3.05, 3.63) is 109 Å². The van der Waals surface area contributed by atoms with Gasteiger partial charge in [-0.15, -0.1) is 0 Å². The third-order valence-corrected chi connectivity index (χ3v) is 14.7. The topological polar surface area (TPSA) is 114 Å². The summed E-state index contributed by atoms with van der Waals surface area (Å²) in [7, 11) is 1.16. The van der Waals surface area contributed by atoms with Crippen LogP contribution < -0.4 is 10.2 Å². The molecule has 0 aliphatic carbocycles. The summed E-state index contributed by atoms with van der Waals surface area (Å²) in [6.45, 7) is 6.68. The Balaban J connectivity index is 5.19. The number of quaternary nitrogens is 1. The highest BCUT2D eigenvalue weighted by molar-refractivity contribution is 7.45. The van der Waals surface area contributed by atoms with Gasteiger partial charge in [-0.25, -0.2) is 0 Å². The van der Waals surface area contributed by atoms with Crippen LogP contribution in [0, 0.1) is 0 Å². The van der Waals surface area contributed by atoms with Crippen molar-refractivity contribution in [1.29, 1.82) is 0 Å². The van der Waals surface area contributed by atoms with E-state index in [1.54, 1.807) is 0 Å². The Morgan fingerprint density at radius 1 is 0.456 bits per heavy atom. The van der Waals surface area contributed by atoms with Crippen molar-refractivity contribution in [2.75, 3.05) is 40.9 Å². The number of unbranched alkanes of at least 4 members (excludes halogenated alkanes) is 25. The molecule has 0 radical (unpaired) electrons. The number of phosphoric acid groups is 1. The molecule has 3 unspecified atom stereocenters. The molecule has 0 heterocycles. The number of carbonyl (C=O) groups is 2. The fraction of sp³-hybridized carbons (Fsp3) is 0.710. The molecule has 0 bridgehead atoms. The van der Waals surface area contributed by atoms with E-state index in [9.17, 15) is 19.0 Å². The Morgan fingerprint density at radius 3 is 1.24 bits per heavy atom. The normalized spacial score (nSPS) is 14.4. The van der Waals surface area contributed by atoms with Crippen molar-refractivity contribution in [1.82, 2.24) is 5.32 Å². The quantitative estimate of drug-likeness (QED) is 0.0212. The maximum atomic E-state index is 13.5. The van der Waals surface area contributed by atoms with Gasteiger partial charge in [0.05, 0.1) is 33.8 Å². The lowest BCUT2D eigenvalue weighted by molar-refractivity contribution is -0.870. The molecule has 0 aliphatic rings. The van der Waals surface area contributed by atoms with E-state index in [1.165, 1.54) is 89.9 Å². The van der Waals surface area contributed by atoms with Crippen LogP contribution in [0.3, 0.4) is 0 Å². The molecule has 0 saturated heterocycles. The molecule has 0 fully saturated rings. The van der Waals surface area contributed by atoms with Gasteiger partial charge in [-0.3, -0.25) is 14.2 Å². The van der Waals surface area contributed by atoms with E-state index < -0.39 is 26.6 Å². The second-order valence-corrected chi connectivity index (χ2v) is 23.9. The summed E-state index contributed by atoms with van der Waals surface area (Å²) in [6.07, 6.45) is 79.1. The van der Waals surface area contributed by atoms with Crippen LogP contribution in [-0.2, 0) is 27.9 Å². The van der Waals surface area contributed by atoms with Crippen molar-refractivity contribution >= 4 is 19.7 Å². The van der Waals surface area contributed by atoms with Crippen molar-refractivity contribution in [3.8, 4) is 0 Å². The molecule has 0 aromatic carbocycles. The third-order valence-electron chi connectivity index (χ3n) is 13.7. The SMILES string of the molecule is CC/C=C\C/C=C\C/C=C\C/C=C\C/C=C\C/C=C\CCCCCCCCC(=O)NC(COP(=O)([O-])OCC[N+](C)(C)C)C(/C=C\CCCCCCCCCCC)OC(=O)CCCCCCCCC/C=C\C/C=C\CCCCC. The fourth-order valence-corrected chi connectivity index (χ4v) is 9.45. The molecule has 0 spiro atoms. The molecule has 1 amide bonds. The van der Waals surface area contributed by atoms with Crippen LogP contribution in [0.2, 0.25) is 0 Å². The van der Waals surface area contributed by atoms with Crippen LogP contribution in [0.25, 0.3) is 0 Å². The highest BCUT2D eigenvalue weighted by Gasteiger charge is 2.27. The van der Waals surface area contributed by atoms with Gasteiger partial charge in [-0.05, 0) is 115 Å². The van der Waals surface area contributed by atoms with E-state index in [2.05, 4.69) is 123 Å². The summed E-state index contributed by atoms with van der Waals surface area (Å²) in [5, 5.41) is 3.02. The number of ether oxygens (including phenoxy) is 1. The van der Waals surface area contributed by atoms with Crippen LogP contribution in [0.5, 0.6) is 0 Å². The van der Waals surface area contributed by atoms with Crippen molar-refractivity contribution in [2.45, 2.75) is 277 Å². The van der Waals surface area contributed by atoms with Gasteiger partial charge in [0.15, 0.2) is 0 Å². The number of allylic oxidation sites excluding steroid dienone is 17. The Morgan fingerprint density at radius 2 is 0.810 bits per heavy atom. The number of amides is 1. The summed E-state index contributed by atoms with van der Waals surface area (Å²) in [4.78, 5) is 40.0. The largest absolute Gasteiger partial charge is 0.756 e. The van der Waals surface area contributed by atoms with Gasteiger partial charge in [0.25, 0.3) is 7.82 Å². The molecule has 0 saturated carbocycles. The van der Waals surface area contributed by atoms with Crippen molar-refractivity contribution in [2.24, 2.45) is 0 Å². The van der Waals surface area contributed by atoms with E-state index in [-0.39, 0.29) is 24.9 Å². The predicted octanol–water partition coefficient (Wildman–Crippen LogP) is 19.5. The van der Waals surface area contributed by atoms with E-state index >= 15 is 0 Å². The number of nitrogens with one attached hydrogen (secondary N) is 1. The Bertz CT molecular complexity index is 1720. The van der Waals surface area contributed by atoms with Gasteiger partial charge in [-0.1, -0.05) is 246 Å². The van der Waals surface area contributed by atoms with Crippen LogP contribution in [0.15, 0.2) is 109 Å². The maximum Gasteiger partial charge on any atom is 0.306 e. The first-order valence-electron chi connectivity index (χ1n) is 32.2. The van der Waals surface area contributed by atoms with E-state index in [0.29, 0.717) is 30.3 Å². The molecule has 79 heavy (non-hydrogen) atoms. The first-order chi connectivity index (χ1) is 38.4. The van der Waals surface area contributed by atoms with E-state index in [4.69, 9.17) is 13.8 Å². The van der Waals surface area contributed by atoms with Gasteiger partial charge in [0, 0.05) is 12.8 Å². The summed E-state index contributed by atoms with van der Waals surface area (Å²) >= 11 is 0. The number of carbonyl (C=O) groups excluding carboxylic acids is 2. The average Bonchev–Trinajstić information content (AvgIpc) is 3.41. The minimum Gasteiger partial charge on any atom is -0.756 e. The van der Waals surface area contributed by atoms with Crippen LogP contribution in [0.4, 0.5) is 0 Å². The average molecular weight is 1120 g/mol. The van der Waals surface area contributed by atoms with Gasteiger partial charge < -0.3 is 28.5 Å². The van der Waals surface area contributed by atoms with Gasteiger partial charge in [-0.2, -0.15) is 0 Å².